The van der Waals surface area contributed by atoms with E-state index < -0.39 is 28.8 Å². The van der Waals surface area contributed by atoms with E-state index in [9.17, 15) is 14.4 Å². The van der Waals surface area contributed by atoms with E-state index in [4.69, 9.17) is 11.6 Å². The average molecular weight is 525 g/mol. The Labute approximate surface area is 227 Å². The van der Waals surface area contributed by atoms with Gasteiger partial charge < -0.3 is 10.2 Å². The van der Waals surface area contributed by atoms with Crippen molar-refractivity contribution in [1.82, 2.24) is 0 Å². The number of nitrogens with zero attached hydrogens (tertiary/aromatic N) is 1. The first kappa shape index (κ1) is 24.6. The molecule has 0 saturated carbocycles. The van der Waals surface area contributed by atoms with Crippen LogP contribution in [0.25, 0.3) is 6.08 Å². The van der Waals surface area contributed by atoms with Gasteiger partial charge in [0.05, 0.1) is 17.0 Å². The van der Waals surface area contributed by atoms with Crippen molar-refractivity contribution in [2.24, 2.45) is 11.3 Å². The number of hydrogen-bond donors (Lipinski definition) is 1. The summed E-state index contributed by atoms with van der Waals surface area (Å²) in [6, 6.07) is 19.0. The third-order valence-corrected chi connectivity index (χ3v) is 8.55. The summed E-state index contributed by atoms with van der Waals surface area (Å²) in [6.45, 7) is 7.62. The van der Waals surface area contributed by atoms with Crippen LogP contribution in [0.4, 0.5) is 11.4 Å². The Hall–Kier alpha value is -3.70. The molecule has 1 fully saturated rings. The highest BCUT2D eigenvalue weighted by Gasteiger charge is 2.70. The first-order chi connectivity index (χ1) is 18.1. The first-order valence-corrected chi connectivity index (χ1v) is 13.3. The number of carbonyl (C=O) groups excluding carboxylic acids is 3. The Balaban J connectivity index is 1.70. The minimum Gasteiger partial charge on any atom is -0.352 e. The van der Waals surface area contributed by atoms with Crippen LogP contribution in [0.3, 0.4) is 0 Å². The lowest BCUT2D eigenvalue weighted by Crippen LogP contribution is -2.51. The smallest absolute Gasteiger partial charge is 0.238 e. The molecule has 0 unspecified atom stereocenters. The molecule has 3 heterocycles. The summed E-state index contributed by atoms with van der Waals surface area (Å²) in [6.07, 6.45) is 4.01. The molecule has 6 heteroatoms. The molecule has 0 radical (unpaired) electrons. The van der Waals surface area contributed by atoms with Gasteiger partial charge >= 0.3 is 0 Å². The van der Waals surface area contributed by atoms with Crippen molar-refractivity contribution < 1.29 is 14.4 Å². The van der Waals surface area contributed by atoms with Crippen LogP contribution in [0, 0.1) is 18.3 Å². The maximum atomic E-state index is 14.7. The molecule has 0 aromatic heterocycles. The van der Waals surface area contributed by atoms with Gasteiger partial charge in [0.15, 0.2) is 11.6 Å². The molecule has 3 aliphatic heterocycles. The lowest BCUT2D eigenvalue weighted by molar-refractivity contribution is -0.128. The standard InChI is InChI=1S/C32H29ClN2O3/c1-18-13-15-24-19(17-18)14-16-25-32(21-10-6-8-12-23(21)34-30(32)38)26(27(35(24)25)29(37)31(2,3)4)28(36)20-9-5-7-11-22(20)33/h5-17,25-27H,1-4H3,(H,34,38)/t25-,26+,27-,32+/m0/s1. The zero-order valence-corrected chi connectivity index (χ0v) is 22.5. The number of rotatable bonds is 3. The molecule has 1 N–H and O–H groups in total. The number of halogens is 1. The van der Waals surface area contributed by atoms with Crippen molar-refractivity contribution in [3.05, 3.63) is 100 Å². The summed E-state index contributed by atoms with van der Waals surface area (Å²) in [4.78, 5) is 45.4. The molecule has 1 amide bonds. The summed E-state index contributed by atoms with van der Waals surface area (Å²) in [5.41, 5.74) is 2.52. The highest BCUT2D eigenvalue weighted by molar-refractivity contribution is 6.34. The van der Waals surface area contributed by atoms with Crippen LogP contribution in [-0.4, -0.2) is 29.6 Å². The molecular formula is C32H29ClN2O3. The zero-order valence-electron chi connectivity index (χ0n) is 21.8. The quantitative estimate of drug-likeness (QED) is 0.412. The van der Waals surface area contributed by atoms with E-state index >= 15 is 0 Å². The molecule has 3 aromatic rings. The Morgan fingerprint density at radius 1 is 1.00 bits per heavy atom. The van der Waals surface area contributed by atoms with Crippen LogP contribution in [0.1, 0.15) is 47.8 Å². The fraction of sp³-hybridized carbons (Fsp3) is 0.281. The van der Waals surface area contributed by atoms with Gasteiger partial charge in [-0.05, 0) is 48.4 Å². The van der Waals surface area contributed by atoms with Crippen LogP contribution in [0.2, 0.25) is 5.02 Å². The van der Waals surface area contributed by atoms with Crippen LogP contribution < -0.4 is 10.2 Å². The van der Waals surface area contributed by atoms with E-state index in [-0.39, 0.29) is 17.5 Å². The van der Waals surface area contributed by atoms with E-state index in [0.29, 0.717) is 16.3 Å². The SMILES string of the molecule is Cc1ccc2c(c1)C=C[C@@H]1N2[C@H](C(=O)C(C)(C)C)[C@H](C(=O)c2ccccc2Cl)[C@]12C(=O)Nc1ccccc12. The number of Topliss-reactive ketones (excluding diaryl/α,β-unsaturated/α-hetero) is 2. The highest BCUT2D eigenvalue weighted by Crippen LogP contribution is 2.58. The number of carbonyl (C=O) groups is 3. The molecular weight excluding hydrogens is 496 g/mol. The average Bonchev–Trinajstić information content (AvgIpc) is 3.35. The van der Waals surface area contributed by atoms with Crippen molar-refractivity contribution >= 4 is 46.5 Å². The lowest BCUT2D eigenvalue weighted by atomic mass is 9.63. The fourth-order valence-electron chi connectivity index (χ4n) is 6.57. The number of fused-ring (bicyclic) bond motifs is 6. The molecule has 4 atom stereocenters. The third kappa shape index (κ3) is 3.27. The van der Waals surface area contributed by atoms with Crippen LogP contribution in [0.15, 0.2) is 72.8 Å². The number of benzene rings is 3. The fourth-order valence-corrected chi connectivity index (χ4v) is 6.80. The van der Waals surface area contributed by atoms with Gasteiger partial charge in [0.1, 0.15) is 11.5 Å². The molecule has 3 aromatic carbocycles. The van der Waals surface area contributed by atoms with Gasteiger partial charge in [0.2, 0.25) is 5.91 Å². The molecule has 0 bridgehead atoms. The summed E-state index contributed by atoms with van der Waals surface area (Å²) < 4.78 is 0. The number of ketones is 2. The van der Waals surface area contributed by atoms with E-state index in [1.165, 1.54) is 0 Å². The minimum atomic E-state index is -1.32. The second kappa shape index (κ2) is 8.40. The first-order valence-electron chi connectivity index (χ1n) is 12.9. The molecule has 192 valence electrons. The number of aryl methyl sites for hydroxylation is 1. The van der Waals surface area contributed by atoms with Crippen molar-refractivity contribution in [3.63, 3.8) is 0 Å². The lowest BCUT2D eigenvalue weighted by Gasteiger charge is -2.38. The molecule has 5 nitrogen and oxygen atoms in total. The second-order valence-corrected chi connectivity index (χ2v) is 11.9. The van der Waals surface area contributed by atoms with E-state index in [2.05, 4.69) is 11.4 Å². The van der Waals surface area contributed by atoms with E-state index in [1.54, 1.807) is 24.3 Å². The molecule has 0 aliphatic carbocycles. The van der Waals surface area contributed by atoms with Gasteiger partial charge in [-0.2, -0.15) is 0 Å². The van der Waals surface area contributed by atoms with Crippen molar-refractivity contribution in [3.8, 4) is 0 Å². The largest absolute Gasteiger partial charge is 0.352 e. The highest BCUT2D eigenvalue weighted by atomic mass is 35.5. The maximum absolute atomic E-state index is 14.7. The maximum Gasteiger partial charge on any atom is 0.238 e. The van der Waals surface area contributed by atoms with Gasteiger partial charge in [-0.25, -0.2) is 0 Å². The summed E-state index contributed by atoms with van der Waals surface area (Å²) in [5, 5.41) is 3.35. The summed E-state index contributed by atoms with van der Waals surface area (Å²) >= 11 is 6.56. The Kier molecular flexibility index (Phi) is 5.45. The Morgan fingerprint density at radius 2 is 1.71 bits per heavy atom. The number of nitrogens with one attached hydrogen (secondary N) is 1. The van der Waals surface area contributed by atoms with Crippen molar-refractivity contribution in [2.75, 3.05) is 10.2 Å². The van der Waals surface area contributed by atoms with E-state index in [1.807, 2.05) is 81.1 Å². The van der Waals surface area contributed by atoms with Gasteiger partial charge in [-0.15, -0.1) is 0 Å². The summed E-state index contributed by atoms with van der Waals surface area (Å²) in [7, 11) is 0. The number of anilines is 2. The normalized spacial score (nSPS) is 25.1. The topological polar surface area (TPSA) is 66.5 Å². The molecule has 6 rings (SSSR count). The Morgan fingerprint density at radius 3 is 2.45 bits per heavy atom. The van der Waals surface area contributed by atoms with Gasteiger partial charge in [0, 0.05) is 22.4 Å². The number of hydrogen-bond acceptors (Lipinski definition) is 4. The van der Waals surface area contributed by atoms with E-state index in [0.717, 1.165) is 22.4 Å². The Bertz CT molecular complexity index is 1550. The monoisotopic (exact) mass is 524 g/mol. The zero-order chi connectivity index (χ0) is 27.0. The molecule has 1 spiro atoms. The van der Waals surface area contributed by atoms with Gasteiger partial charge in [-0.1, -0.05) is 86.5 Å². The molecule has 38 heavy (non-hydrogen) atoms. The molecule has 1 saturated heterocycles. The van der Waals surface area contributed by atoms with Gasteiger partial charge in [-0.3, -0.25) is 14.4 Å². The predicted molar refractivity (Wildman–Crippen MR) is 151 cm³/mol. The second-order valence-electron chi connectivity index (χ2n) is 11.5. The van der Waals surface area contributed by atoms with Crippen molar-refractivity contribution in [2.45, 2.75) is 45.2 Å². The van der Waals surface area contributed by atoms with Crippen LogP contribution in [0.5, 0.6) is 0 Å². The van der Waals surface area contributed by atoms with Crippen LogP contribution in [-0.2, 0) is 15.0 Å². The summed E-state index contributed by atoms with van der Waals surface area (Å²) in [5.74, 6) is -1.67. The van der Waals surface area contributed by atoms with Crippen molar-refractivity contribution in [1.29, 1.82) is 0 Å². The third-order valence-electron chi connectivity index (χ3n) is 8.22. The number of amides is 1. The predicted octanol–water partition coefficient (Wildman–Crippen LogP) is 6.24. The van der Waals surface area contributed by atoms with Crippen LogP contribution >= 0.6 is 11.6 Å². The van der Waals surface area contributed by atoms with Gasteiger partial charge in [0.25, 0.3) is 0 Å². The minimum absolute atomic E-state index is 0.0937. The molecule has 3 aliphatic rings. The number of para-hydroxylation sites is 1.